The molecule has 0 heterocycles. The van der Waals surface area contributed by atoms with Crippen LogP contribution in [-0.4, -0.2) is 103 Å². The molecule has 0 radical (unpaired) electrons. The van der Waals surface area contributed by atoms with Crippen LogP contribution in [0.25, 0.3) is 0 Å². The van der Waals surface area contributed by atoms with E-state index >= 15 is 0 Å². The van der Waals surface area contributed by atoms with Crippen molar-refractivity contribution in [1.29, 1.82) is 0 Å². The fourth-order valence-electron chi connectivity index (χ4n) is 6.48. The average Bonchev–Trinajstić information content (AvgIpc) is 3.11. The van der Waals surface area contributed by atoms with E-state index in [-0.39, 0.29) is 23.3 Å². The molecule has 0 aromatic heterocycles. The molecule has 0 aromatic carbocycles. The minimum Gasteiger partial charge on any atom is -0.511 e. The first-order valence-electron chi connectivity index (χ1n) is 21.8. The Balaban J connectivity index is 3.87. The van der Waals surface area contributed by atoms with Gasteiger partial charge in [-0.3, -0.25) is 9.59 Å². The first-order valence-corrected chi connectivity index (χ1v) is 24.2. The molecule has 0 aliphatic rings. The largest absolute Gasteiger partial charge is 0.511 e. The minimum absolute atomic E-state index is 0.106. The number of aliphatic hydroxyl groups is 1. The Morgan fingerprint density at radius 2 is 0.722 bits per heavy atom. The number of aliphatic hydroxyl groups excluding tert-OH is 1. The molecule has 0 bridgehead atoms. The topological polar surface area (TPSA) is 122 Å². The van der Waals surface area contributed by atoms with Crippen LogP contribution < -0.4 is 10.6 Å². The van der Waals surface area contributed by atoms with Crippen molar-refractivity contribution >= 4 is 39.4 Å². The molecule has 2 atom stereocenters. The van der Waals surface area contributed by atoms with E-state index in [0.717, 1.165) is 38.5 Å². The van der Waals surface area contributed by atoms with Crippen LogP contribution in [0.2, 0.25) is 0 Å². The number of carboxylic acid groups (broad SMARTS) is 1. The van der Waals surface area contributed by atoms with Crippen molar-refractivity contribution in [2.75, 3.05) is 52.8 Å². The molecule has 0 saturated heterocycles. The summed E-state index contributed by atoms with van der Waals surface area (Å²) in [5, 5.41) is 25.2. The number of hydrogen-bond acceptors (Lipinski definition) is 8. The third kappa shape index (κ3) is 37.5. The zero-order chi connectivity index (χ0) is 40.1. The molecule has 0 aliphatic carbocycles. The number of carbonyl (C=O) groups excluding carboxylic acids is 2. The summed E-state index contributed by atoms with van der Waals surface area (Å²) in [5.74, 6) is -0.949. The van der Waals surface area contributed by atoms with Crippen LogP contribution in [0.4, 0.5) is 0 Å². The number of hydrogen-bond donors (Lipinski definition) is 4. The number of amides is 2. The predicted molar refractivity (Wildman–Crippen MR) is 235 cm³/mol. The Bertz CT molecular complexity index is 852. The van der Waals surface area contributed by atoms with Crippen molar-refractivity contribution in [2.24, 2.45) is 0 Å². The van der Waals surface area contributed by atoms with Gasteiger partial charge in [0.05, 0.1) is 6.04 Å². The molecule has 2 unspecified atom stereocenters. The van der Waals surface area contributed by atoms with Gasteiger partial charge in [0.1, 0.15) is 11.8 Å². The first kappa shape index (κ1) is 52.6. The van der Waals surface area contributed by atoms with E-state index in [4.69, 9.17) is 0 Å². The lowest BCUT2D eigenvalue weighted by Crippen LogP contribution is -2.42. The molecule has 0 aliphatic heterocycles. The Morgan fingerprint density at radius 1 is 0.463 bits per heavy atom. The van der Waals surface area contributed by atoms with Gasteiger partial charge in [0.25, 0.3) is 0 Å². The van der Waals surface area contributed by atoms with Crippen molar-refractivity contribution < 1.29 is 24.6 Å². The highest BCUT2D eigenvalue weighted by Gasteiger charge is 2.21. The quantitative estimate of drug-likeness (QED) is 0.0272. The number of aliphatic carboxylic acids is 1. The molecule has 11 heteroatoms. The summed E-state index contributed by atoms with van der Waals surface area (Å²) in [6.07, 6.45) is 32.9. The lowest BCUT2D eigenvalue weighted by Gasteiger charge is -2.18. The van der Waals surface area contributed by atoms with Gasteiger partial charge in [-0.2, -0.15) is 0 Å². The molecule has 0 aromatic rings. The Labute approximate surface area is 340 Å². The third-order valence-corrected chi connectivity index (χ3v) is 12.4. The van der Waals surface area contributed by atoms with E-state index in [2.05, 4.69) is 55.2 Å². The predicted octanol–water partition coefficient (Wildman–Crippen LogP) is 10.5. The molecular weight excluding hydrogens is 717 g/mol. The van der Waals surface area contributed by atoms with E-state index in [1.54, 1.807) is 0 Å². The van der Waals surface area contributed by atoms with Gasteiger partial charge in [-0.05, 0) is 67.0 Å². The molecular formula is C43H84N4O5S2. The minimum atomic E-state index is -1.06. The molecule has 0 saturated carbocycles. The lowest BCUT2D eigenvalue weighted by molar-refractivity contribution is -0.141. The normalized spacial score (nSPS) is 12.6. The van der Waals surface area contributed by atoms with E-state index < -0.39 is 18.1 Å². The van der Waals surface area contributed by atoms with Crippen LogP contribution >= 0.6 is 21.6 Å². The second-order valence-electron chi connectivity index (χ2n) is 15.9. The number of carboxylic acids is 1. The standard InChI is InChI=1S/C43H84N4O5S2/c1-38(48)39(44-41(49)32-28-24-20-16-12-8-6-10-14-18-22-26-30-34-46(2)3)36-53-54-37-40(43(51)52)45-42(50)33-29-25-21-17-13-9-7-11-15-19-23-27-31-35-47(4)5/h39-40,48H,1,6-37H2,2-5H3,(H,44,49)(H,45,50)(H,51,52). The maximum absolute atomic E-state index is 12.5. The van der Waals surface area contributed by atoms with Crippen molar-refractivity contribution in [2.45, 2.75) is 192 Å². The Kier molecular flexibility index (Phi) is 37.4. The zero-order valence-electron chi connectivity index (χ0n) is 35.3. The number of nitrogens with zero attached hydrogens (tertiary/aromatic N) is 2. The number of carbonyl (C=O) groups is 3. The van der Waals surface area contributed by atoms with Gasteiger partial charge in [0.15, 0.2) is 0 Å². The summed E-state index contributed by atoms with van der Waals surface area (Å²) < 4.78 is 0. The maximum atomic E-state index is 12.5. The fourth-order valence-corrected chi connectivity index (χ4v) is 8.84. The van der Waals surface area contributed by atoms with Gasteiger partial charge in [0, 0.05) is 24.3 Å². The van der Waals surface area contributed by atoms with Gasteiger partial charge < -0.3 is 30.6 Å². The highest BCUT2D eigenvalue weighted by molar-refractivity contribution is 8.76. The molecule has 2 amide bonds. The smallest absolute Gasteiger partial charge is 0.327 e. The second-order valence-corrected chi connectivity index (χ2v) is 18.5. The molecule has 4 N–H and O–H groups in total. The number of nitrogens with one attached hydrogen (secondary N) is 2. The summed E-state index contributed by atoms with van der Waals surface area (Å²) >= 11 is 0. The van der Waals surface area contributed by atoms with Crippen LogP contribution in [0.5, 0.6) is 0 Å². The van der Waals surface area contributed by atoms with Crippen LogP contribution in [0.1, 0.15) is 180 Å². The molecule has 0 fully saturated rings. The average molecular weight is 801 g/mol. The van der Waals surface area contributed by atoms with E-state index in [0.29, 0.717) is 18.6 Å². The van der Waals surface area contributed by atoms with Crippen molar-refractivity contribution in [1.82, 2.24) is 20.4 Å². The zero-order valence-corrected chi connectivity index (χ0v) is 37.0. The van der Waals surface area contributed by atoms with Crippen LogP contribution in [0.15, 0.2) is 12.3 Å². The first-order chi connectivity index (χ1) is 26.0. The van der Waals surface area contributed by atoms with Crippen LogP contribution in [-0.2, 0) is 14.4 Å². The molecule has 54 heavy (non-hydrogen) atoms. The van der Waals surface area contributed by atoms with E-state index in [1.807, 2.05) is 0 Å². The van der Waals surface area contributed by atoms with Crippen LogP contribution in [0, 0.1) is 0 Å². The molecule has 0 spiro atoms. The highest BCUT2D eigenvalue weighted by Crippen LogP contribution is 2.24. The van der Waals surface area contributed by atoms with Gasteiger partial charge in [-0.25, -0.2) is 4.79 Å². The summed E-state index contributed by atoms with van der Waals surface area (Å²) in [7, 11) is 11.2. The molecule has 9 nitrogen and oxygen atoms in total. The lowest BCUT2D eigenvalue weighted by atomic mass is 10.0. The summed E-state index contributed by atoms with van der Waals surface area (Å²) in [6, 6.07) is -1.58. The van der Waals surface area contributed by atoms with E-state index in [1.165, 1.54) is 163 Å². The monoisotopic (exact) mass is 801 g/mol. The summed E-state index contributed by atoms with van der Waals surface area (Å²) in [4.78, 5) is 41.2. The number of rotatable bonds is 41. The van der Waals surface area contributed by atoms with Crippen molar-refractivity contribution in [3.63, 3.8) is 0 Å². The maximum Gasteiger partial charge on any atom is 0.327 e. The third-order valence-electron chi connectivity index (χ3n) is 9.94. The van der Waals surface area contributed by atoms with Crippen LogP contribution in [0.3, 0.4) is 0 Å². The van der Waals surface area contributed by atoms with E-state index in [9.17, 15) is 24.6 Å². The van der Waals surface area contributed by atoms with Gasteiger partial charge in [0.2, 0.25) is 11.8 Å². The Hall–Kier alpha value is -1.43. The van der Waals surface area contributed by atoms with Crippen molar-refractivity contribution in [3.05, 3.63) is 12.3 Å². The van der Waals surface area contributed by atoms with Gasteiger partial charge in [-0.1, -0.05) is 169 Å². The molecule has 318 valence electrons. The molecule has 0 rings (SSSR count). The van der Waals surface area contributed by atoms with Gasteiger partial charge in [-0.15, -0.1) is 0 Å². The summed E-state index contributed by atoms with van der Waals surface area (Å²) in [6.45, 7) is 6.01. The van der Waals surface area contributed by atoms with Crippen molar-refractivity contribution in [3.8, 4) is 0 Å². The van der Waals surface area contributed by atoms with Gasteiger partial charge >= 0.3 is 5.97 Å². The second kappa shape index (κ2) is 38.4. The summed E-state index contributed by atoms with van der Waals surface area (Å²) in [5.41, 5.74) is 0. The number of unbranched alkanes of at least 4 members (excludes halogenated alkanes) is 24. The Morgan fingerprint density at radius 3 is 1.00 bits per heavy atom. The highest BCUT2D eigenvalue weighted by atomic mass is 33.1. The fraction of sp³-hybridized carbons (Fsp3) is 0.884. The SMILES string of the molecule is C=C(O)C(CSSCC(NC(=O)CCCCCCCCCCCCCCCN(C)C)C(=O)O)NC(=O)CCCCCCCCCCCCCCCN(C)C.